The maximum absolute atomic E-state index is 5.99. The van der Waals surface area contributed by atoms with Crippen LogP contribution in [-0.2, 0) is 13.1 Å². The molecule has 3 rings (SSSR count). The monoisotopic (exact) mass is 281 g/mol. The van der Waals surface area contributed by atoms with Crippen LogP contribution in [0, 0.1) is 0 Å². The zero-order valence-corrected chi connectivity index (χ0v) is 12.1. The number of aromatic nitrogens is 2. The summed E-state index contributed by atoms with van der Waals surface area (Å²) in [5.74, 6) is 1.59. The van der Waals surface area contributed by atoms with Crippen LogP contribution in [0.2, 0.25) is 0 Å². The molecular formula is C17H19N3O. The Morgan fingerprint density at radius 3 is 2.71 bits per heavy atom. The number of fused-ring (bicyclic) bond motifs is 1. The van der Waals surface area contributed by atoms with E-state index in [1.807, 2.05) is 35.1 Å². The van der Waals surface area contributed by atoms with E-state index in [9.17, 15) is 0 Å². The Morgan fingerprint density at radius 2 is 1.95 bits per heavy atom. The molecule has 4 nitrogen and oxygen atoms in total. The van der Waals surface area contributed by atoms with E-state index in [0.29, 0.717) is 6.54 Å². The quantitative estimate of drug-likeness (QED) is 0.776. The van der Waals surface area contributed by atoms with Gasteiger partial charge in [-0.15, -0.1) is 0 Å². The maximum atomic E-state index is 5.99. The molecule has 0 saturated heterocycles. The van der Waals surface area contributed by atoms with Crippen LogP contribution in [0.3, 0.4) is 0 Å². The summed E-state index contributed by atoms with van der Waals surface area (Å²) in [5.41, 5.74) is 6.93. The first-order valence-corrected chi connectivity index (χ1v) is 7.23. The Labute approximate surface area is 124 Å². The lowest BCUT2D eigenvalue weighted by molar-refractivity contribution is 0.486. The van der Waals surface area contributed by atoms with Crippen molar-refractivity contribution in [3.8, 4) is 11.5 Å². The van der Waals surface area contributed by atoms with Gasteiger partial charge in [0.05, 0.1) is 12.4 Å². The molecule has 4 heteroatoms. The fourth-order valence-electron chi connectivity index (χ4n) is 2.48. The van der Waals surface area contributed by atoms with Gasteiger partial charge in [-0.1, -0.05) is 37.3 Å². The molecule has 1 aromatic heterocycles. The first-order valence-electron chi connectivity index (χ1n) is 7.23. The number of rotatable bonds is 5. The van der Waals surface area contributed by atoms with Gasteiger partial charge in [0.25, 0.3) is 0 Å². The van der Waals surface area contributed by atoms with Crippen molar-refractivity contribution in [2.45, 2.75) is 26.4 Å². The summed E-state index contributed by atoms with van der Waals surface area (Å²) >= 11 is 0. The molecule has 0 aliphatic carbocycles. The Bertz CT molecular complexity index is 749. The first-order chi connectivity index (χ1) is 10.3. The van der Waals surface area contributed by atoms with E-state index in [0.717, 1.165) is 40.8 Å². The summed E-state index contributed by atoms with van der Waals surface area (Å²) in [5, 5.41) is 6.50. The van der Waals surface area contributed by atoms with Gasteiger partial charge in [-0.25, -0.2) is 0 Å². The SMILES string of the molecule is CCCn1cc(Oc2ccc(CN)c3ccccc23)cn1. The highest BCUT2D eigenvalue weighted by molar-refractivity contribution is 5.91. The fourth-order valence-corrected chi connectivity index (χ4v) is 2.48. The highest BCUT2D eigenvalue weighted by atomic mass is 16.5. The average molecular weight is 281 g/mol. The zero-order valence-electron chi connectivity index (χ0n) is 12.1. The van der Waals surface area contributed by atoms with Crippen LogP contribution in [-0.4, -0.2) is 9.78 Å². The van der Waals surface area contributed by atoms with E-state index < -0.39 is 0 Å². The van der Waals surface area contributed by atoms with Gasteiger partial charge in [0.1, 0.15) is 5.75 Å². The number of hydrogen-bond acceptors (Lipinski definition) is 3. The van der Waals surface area contributed by atoms with Gasteiger partial charge in [-0.05, 0) is 23.4 Å². The minimum absolute atomic E-state index is 0.523. The van der Waals surface area contributed by atoms with E-state index in [2.05, 4.69) is 24.2 Å². The van der Waals surface area contributed by atoms with Gasteiger partial charge in [0, 0.05) is 18.5 Å². The zero-order chi connectivity index (χ0) is 14.7. The van der Waals surface area contributed by atoms with E-state index in [-0.39, 0.29) is 0 Å². The van der Waals surface area contributed by atoms with Crippen LogP contribution >= 0.6 is 0 Å². The molecule has 3 aromatic rings. The molecule has 0 aliphatic rings. The number of nitrogens with zero attached hydrogens (tertiary/aromatic N) is 2. The summed E-state index contributed by atoms with van der Waals surface area (Å²) < 4.78 is 7.89. The van der Waals surface area contributed by atoms with Gasteiger partial charge in [-0.2, -0.15) is 5.10 Å². The Morgan fingerprint density at radius 1 is 1.14 bits per heavy atom. The van der Waals surface area contributed by atoms with Crippen LogP contribution < -0.4 is 10.5 Å². The maximum Gasteiger partial charge on any atom is 0.165 e. The molecular weight excluding hydrogens is 262 g/mol. The van der Waals surface area contributed by atoms with Gasteiger partial charge in [-0.3, -0.25) is 4.68 Å². The summed E-state index contributed by atoms with van der Waals surface area (Å²) in [6.45, 7) is 3.55. The Hall–Kier alpha value is -2.33. The largest absolute Gasteiger partial charge is 0.453 e. The van der Waals surface area contributed by atoms with Gasteiger partial charge >= 0.3 is 0 Å². The van der Waals surface area contributed by atoms with Crippen LogP contribution in [0.15, 0.2) is 48.8 Å². The summed E-state index contributed by atoms with van der Waals surface area (Å²) in [7, 11) is 0. The fraction of sp³-hybridized carbons (Fsp3) is 0.235. The van der Waals surface area contributed by atoms with Gasteiger partial charge in [0.2, 0.25) is 0 Å². The predicted octanol–water partition coefficient (Wildman–Crippen LogP) is 3.70. The Kier molecular flexibility index (Phi) is 3.88. The van der Waals surface area contributed by atoms with Crippen molar-refractivity contribution in [3.63, 3.8) is 0 Å². The van der Waals surface area contributed by atoms with Crippen molar-refractivity contribution in [2.24, 2.45) is 5.73 Å². The number of hydrogen-bond donors (Lipinski definition) is 1. The molecule has 0 aliphatic heterocycles. The minimum atomic E-state index is 0.523. The molecule has 0 fully saturated rings. The molecule has 0 bridgehead atoms. The third kappa shape index (κ3) is 2.76. The summed E-state index contributed by atoms with van der Waals surface area (Å²) in [6, 6.07) is 12.2. The molecule has 0 unspecified atom stereocenters. The molecule has 21 heavy (non-hydrogen) atoms. The van der Waals surface area contributed by atoms with Crippen LogP contribution in [0.5, 0.6) is 11.5 Å². The molecule has 0 saturated carbocycles. The predicted molar refractivity (Wildman–Crippen MR) is 84.4 cm³/mol. The van der Waals surface area contributed by atoms with Crippen molar-refractivity contribution in [1.29, 1.82) is 0 Å². The van der Waals surface area contributed by atoms with Crippen molar-refractivity contribution in [3.05, 3.63) is 54.4 Å². The summed E-state index contributed by atoms with van der Waals surface area (Å²) in [6.07, 6.45) is 4.73. The standard InChI is InChI=1S/C17H19N3O/c1-2-9-20-12-14(11-19-20)21-17-8-7-13(10-18)15-5-3-4-6-16(15)17/h3-8,11-12H,2,9-10,18H2,1H3. The van der Waals surface area contributed by atoms with E-state index in [4.69, 9.17) is 10.5 Å². The highest BCUT2D eigenvalue weighted by Gasteiger charge is 2.08. The lowest BCUT2D eigenvalue weighted by atomic mass is 10.0. The molecule has 0 radical (unpaired) electrons. The van der Waals surface area contributed by atoms with Crippen LogP contribution in [0.1, 0.15) is 18.9 Å². The van der Waals surface area contributed by atoms with E-state index in [1.165, 1.54) is 0 Å². The Balaban J connectivity index is 1.96. The second kappa shape index (κ2) is 5.97. The number of ether oxygens (including phenoxy) is 1. The van der Waals surface area contributed by atoms with Crippen LogP contribution in [0.25, 0.3) is 10.8 Å². The molecule has 2 N–H and O–H groups in total. The first kappa shape index (κ1) is 13.6. The number of aryl methyl sites for hydroxylation is 1. The molecule has 108 valence electrons. The lowest BCUT2D eigenvalue weighted by Gasteiger charge is -2.10. The highest BCUT2D eigenvalue weighted by Crippen LogP contribution is 2.31. The lowest BCUT2D eigenvalue weighted by Crippen LogP contribution is -1.98. The molecule has 0 atom stereocenters. The van der Waals surface area contributed by atoms with Crippen molar-refractivity contribution in [1.82, 2.24) is 9.78 Å². The normalized spacial score (nSPS) is 11.0. The number of nitrogens with two attached hydrogens (primary N) is 1. The average Bonchev–Trinajstić information content (AvgIpc) is 2.95. The second-order valence-electron chi connectivity index (χ2n) is 5.01. The van der Waals surface area contributed by atoms with Crippen molar-refractivity contribution in [2.75, 3.05) is 0 Å². The third-order valence-corrected chi connectivity index (χ3v) is 3.48. The minimum Gasteiger partial charge on any atom is -0.453 e. The third-order valence-electron chi connectivity index (χ3n) is 3.48. The molecule has 2 aromatic carbocycles. The number of benzene rings is 2. The molecule has 0 spiro atoms. The smallest absolute Gasteiger partial charge is 0.165 e. The molecule has 1 heterocycles. The van der Waals surface area contributed by atoms with Crippen molar-refractivity contribution < 1.29 is 4.74 Å². The van der Waals surface area contributed by atoms with Crippen molar-refractivity contribution >= 4 is 10.8 Å². The topological polar surface area (TPSA) is 53.1 Å². The van der Waals surface area contributed by atoms with E-state index in [1.54, 1.807) is 6.20 Å². The molecule has 0 amide bonds. The summed E-state index contributed by atoms with van der Waals surface area (Å²) in [4.78, 5) is 0. The van der Waals surface area contributed by atoms with Crippen LogP contribution in [0.4, 0.5) is 0 Å². The van der Waals surface area contributed by atoms with Gasteiger partial charge < -0.3 is 10.5 Å². The second-order valence-corrected chi connectivity index (χ2v) is 5.01. The van der Waals surface area contributed by atoms with E-state index >= 15 is 0 Å². The van der Waals surface area contributed by atoms with Gasteiger partial charge in [0.15, 0.2) is 5.75 Å².